The number of allylic oxidation sites excluding steroid dienone is 1. The van der Waals surface area contributed by atoms with E-state index in [1.165, 1.54) is 5.57 Å². The van der Waals surface area contributed by atoms with Crippen LogP contribution in [0, 0.1) is 0 Å². The number of carbonyl (C=O) groups excluding carboxylic acids is 1. The van der Waals surface area contributed by atoms with Crippen LogP contribution in [0.3, 0.4) is 0 Å². The Hall–Kier alpha value is -0.700. The van der Waals surface area contributed by atoms with Gasteiger partial charge in [0, 0.05) is 12.0 Å². The van der Waals surface area contributed by atoms with Crippen LogP contribution < -0.4 is 0 Å². The number of thioether (sulfide) groups is 1. The minimum absolute atomic E-state index is 0.258. The highest BCUT2D eigenvalue weighted by atomic mass is 32.2. The molecule has 1 amide bonds. The van der Waals surface area contributed by atoms with E-state index >= 15 is 0 Å². The van der Waals surface area contributed by atoms with Crippen LogP contribution in [0.25, 0.3) is 0 Å². The van der Waals surface area contributed by atoms with Crippen LogP contribution in [0.2, 0.25) is 0 Å². The maximum absolute atomic E-state index is 11.1. The molecule has 1 atom stereocenters. The zero-order valence-corrected chi connectivity index (χ0v) is 7.64. The largest absolute Gasteiger partial charge is 0.306 e. The standard InChI is InChI=1S/C9H11NOS/c1-2-3-7-5-10-8(11)4-9(10)12-6-7/h2,5,9H,1,3-4,6H2/t9-/m1/s1. The Morgan fingerprint density at radius 2 is 2.67 bits per heavy atom. The molecule has 0 N–H and O–H groups in total. The molecule has 2 aliphatic heterocycles. The fourth-order valence-corrected chi connectivity index (χ4v) is 2.63. The van der Waals surface area contributed by atoms with Gasteiger partial charge in [-0.3, -0.25) is 4.79 Å². The van der Waals surface area contributed by atoms with Gasteiger partial charge in [0.05, 0.1) is 11.8 Å². The van der Waals surface area contributed by atoms with E-state index in [9.17, 15) is 4.79 Å². The first kappa shape index (κ1) is 7.92. The molecule has 0 spiro atoms. The van der Waals surface area contributed by atoms with E-state index in [2.05, 4.69) is 6.58 Å². The highest BCUT2D eigenvalue weighted by Crippen LogP contribution is 2.36. The molecular weight excluding hydrogens is 170 g/mol. The van der Waals surface area contributed by atoms with E-state index in [1.54, 1.807) is 0 Å². The van der Waals surface area contributed by atoms with Crippen LogP contribution in [-0.2, 0) is 4.79 Å². The zero-order valence-electron chi connectivity index (χ0n) is 6.82. The van der Waals surface area contributed by atoms with Crippen molar-refractivity contribution >= 4 is 17.7 Å². The first-order valence-electron chi connectivity index (χ1n) is 4.04. The van der Waals surface area contributed by atoms with Crippen molar-refractivity contribution in [1.82, 2.24) is 4.90 Å². The van der Waals surface area contributed by atoms with Crippen LogP contribution >= 0.6 is 11.8 Å². The molecular formula is C9H11NOS. The lowest BCUT2D eigenvalue weighted by molar-refractivity contribution is -0.137. The van der Waals surface area contributed by atoms with Crippen molar-refractivity contribution in [3.05, 3.63) is 24.4 Å². The van der Waals surface area contributed by atoms with Gasteiger partial charge in [-0.25, -0.2) is 0 Å². The third kappa shape index (κ3) is 1.18. The fourth-order valence-electron chi connectivity index (χ4n) is 1.43. The molecule has 2 rings (SSSR count). The first-order valence-corrected chi connectivity index (χ1v) is 5.09. The average Bonchev–Trinajstić information content (AvgIpc) is 2.07. The Morgan fingerprint density at radius 1 is 1.83 bits per heavy atom. The monoisotopic (exact) mass is 181 g/mol. The van der Waals surface area contributed by atoms with Crippen molar-refractivity contribution in [1.29, 1.82) is 0 Å². The van der Waals surface area contributed by atoms with Crippen molar-refractivity contribution in [2.75, 3.05) is 5.75 Å². The van der Waals surface area contributed by atoms with Crippen LogP contribution in [-0.4, -0.2) is 21.9 Å². The van der Waals surface area contributed by atoms with Crippen molar-refractivity contribution in [2.45, 2.75) is 18.2 Å². The van der Waals surface area contributed by atoms with E-state index < -0.39 is 0 Å². The number of rotatable bonds is 2. The predicted molar refractivity (Wildman–Crippen MR) is 50.6 cm³/mol. The van der Waals surface area contributed by atoms with Crippen molar-refractivity contribution in [2.24, 2.45) is 0 Å². The van der Waals surface area contributed by atoms with Crippen molar-refractivity contribution in [3.8, 4) is 0 Å². The lowest BCUT2D eigenvalue weighted by Gasteiger charge is -2.41. The molecule has 2 aliphatic rings. The van der Waals surface area contributed by atoms with Gasteiger partial charge in [0.1, 0.15) is 0 Å². The molecule has 2 heterocycles. The number of β-lactam (4-membered cyclic amide) rings is 1. The lowest BCUT2D eigenvalue weighted by Crippen LogP contribution is -2.49. The van der Waals surface area contributed by atoms with Gasteiger partial charge in [0.2, 0.25) is 5.91 Å². The summed E-state index contributed by atoms with van der Waals surface area (Å²) in [5.74, 6) is 1.31. The molecule has 0 aromatic rings. The number of hydrogen-bond donors (Lipinski definition) is 0. The number of nitrogens with zero attached hydrogens (tertiary/aromatic N) is 1. The zero-order chi connectivity index (χ0) is 8.55. The topological polar surface area (TPSA) is 20.3 Å². The second kappa shape index (κ2) is 2.98. The van der Waals surface area contributed by atoms with Crippen LogP contribution in [0.1, 0.15) is 12.8 Å². The summed E-state index contributed by atoms with van der Waals surface area (Å²) in [6.45, 7) is 3.68. The van der Waals surface area contributed by atoms with E-state index in [0.29, 0.717) is 5.37 Å². The summed E-state index contributed by atoms with van der Waals surface area (Å²) in [6, 6.07) is 0. The van der Waals surface area contributed by atoms with Gasteiger partial charge < -0.3 is 4.90 Å². The molecule has 0 bridgehead atoms. The van der Waals surface area contributed by atoms with Gasteiger partial charge >= 0.3 is 0 Å². The normalized spacial score (nSPS) is 27.3. The summed E-state index contributed by atoms with van der Waals surface area (Å²) >= 11 is 1.85. The highest BCUT2D eigenvalue weighted by Gasteiger charge is 2.37. The summed E-state index contributed by atoms with van der Waals surface area (Å²) in [4.78, 5) is 12.9. The molecule has 12 heavy (non-hydrogen) atoms. The molecule has 3 heteroatoms. The second-order valence-electron chi connectivity index (χ2n) is 3.05. The molecule has 2 nitrogen and oxygen atoms in total. The Bertz CT molecular complexity index is 259. The second-order valence-corrected chi connectivity index (χ2v) is 4.22. The molecule has 0 aromatic heterocycles. The summed E-state index contributed by atoms with van der Waals surface area (Å²) in [5, 5.41) is 0.436. The molecule has 0 unspecified atom stereocenters. The van der Waals surface area contributed by atoms with Crippen molar-refractivity contribution < 1.29 is 4.79 Å². The SMILES string of the molecule is C=CCC1=CN2C(=O)C[C@H]2SC1. The predicted octanol–water partition coefficient (Wildman–Crippen LogP) is 1.75. The quantitative estimate of drug-likeness (QED) is 0.478. The molecule has 1 fully saturated rings. The molecule has 0 aromatic carbocycles. The Morgan fingerprint density at radius 3 is 3.33 bits per heavy atom. The van der Waals surface area contributed by atoms with Gasteiger partial charge in [0.15, 0.2) is 0 Å². The molecule has 64 valence electrons. The first-order chi connectivity index (χ1) is 5.81. The third-order valence-corrected chi connectivity index (χ3v) is 3.45. The van der Waals surface area contributed by atoms with Crippen LogP contribution in [0.4, 0.5) is 0 Å². The maximum atomic E-state index is 11.1. The number of hydrogen-bond acceptors (Lipinski definition) is 2. The third-order valence-electron chi connectivity index (χ3n) is 2.14. The summed E-state index contributed by atoms with van der Waals surface area (Å²) in [5.41, 5.74) is 1.30. The summed E-state index contributed by atoms with van der Waals surface area (Å²) < 4.78 is 0. The Labute approximate surface area is 76.3 Å². The van der Waals surface area contributed by atoms with E-state index in [-0.39, 0.29) is 5.91 Å². The number of fused-ring (bicyclic) bond motifs is 1. The van der Waals surface area contributed by atoms with E-state index in [4.69, 9.17) is 0 Å². The average molecular weight is 181 g/mol. The maximum Gasteiger partial charge on any atom is 0.230 e. The minimum Gasteiger partial charge on any atom is -0.306 e. The van der Waals surface area contributed by atoms with Gasteiger partial charge in [-0.1, -0.05) is 6.08 Å². The van der Waals surface area contributed by atoms with Crippen molar-refractivity contribution in [3.63, 3.8) is 0 Å². The Kier molecular flexibility index (Phi) is 1.97. The van der Waals surface area contributed by atoms with Gasteiger partial charge in [-0.05, 0) is 12.0 Å². The van der Waals surface area contributed by atoms with Crippen LogP contribution in [0.5, 0.6) is 0 Å². The molecule has 0 saturated carbocycles. The van der Waals surface area contributed by atoms with Gasteiger partial charge in [-0.15, -0.1) is 18.3 Å². The lowest BCUT2D eigenvalue weighted by atomic mass is 10.1. The molecule has 1 saturated heterocycles. The van der Waals surface area contributed by atoms with E-state index in [0.717, 1.165) is 18.6 Å². The molecule has 0 radical (unpaired) electrons. The number of amides is 1. The Balaban J connectivity index is 2.08. The number of carbonyl (C=O) groups is 1. The minimum atomic E-state index is 0.258. The van der Waals surface area contributed by atoms with Gasteiger partial charge in [0.25, 0.3) is 0 Å². The molecule has 0 aliphatic carbocycles. The smallest absolute Gasteiger partial charge is 0.230 e. The fraction of sp³-hybridized carbons (Fsp3) is 0.444. The van der Waals surface area contributed by atoms with Gasteiger partial charge in [-0.2, -0.15) is 0 Å². The summed E-state index contributed by atoms with van der Waals surface area (Å²) in [7, 11) is 0. The highest BCUT2D eigenvalue weighted by molar-refractivity contribution is 8.00. The van der Waals surface area contributed by atoms with Crippen LogP contribution in [0.15, 0.2) is 24.4 Å². The summed E-state index contributed by atoms with van der Waals surface area (Å²) in [6.07, 6.45) is 5.51. The van der Waals surface area contributed by atoms with E-state index in [1.807, 2.05) is 28.9 Å².